The molecule has 0 aliphatic carbocycles. The number of sulfonamides is 1. The van der Waals surface area contributed by atoms with Crippen molar-refractivity contribution in [2.75, 3.05) is 10.1 Å². The van der Waals surface area contributed by atoms with E-state index in [1.54, 1.807) is 6.07 Å². The third-order valence-electron chi connectivity index (χ3n) is 2.44. The Hall–Kier alpha value is -2.77. The van der Waals surface area contributed by atoms with Gasteiger partial charge in [-0.3, -0.25) is 10.1 Å². The first kappa shape index (κ1) is 14.6. The third kappa shape index (κ3) is 3.04. The maximum absolute atomic E-state index is 13.4. The van der Waals surface area contributed by atoms with E-state index in [0.29, 0.717) is 0 Å². The van der Waals surface area contributed by atoms with Crippen molar-refractivity contribution in [3.63, 3.8) is 0 Å². The number of aromatic nitrogens is 2. The van der Waals surface area contributed by atoms with Crippen LogP contribution in [0, 0.1) is 17.1 Å². The van der Waals surface area contributed by atoms with Crippen LogP contribution in [0.4, 0.5) is 16.0 Å². The minimum absolute atomic E-state index is 0.0393. The molecule has 0 spiro atoms. The molecule has 1 aromatic carbocycles. The van der Waals surface area contributed by atoms with E-state index in [4.69, 9.17) is 11.1 Å². The maximum Gasteiger partial charge on any atom is 0.265 e. The molecule has 0 unspecified atom stereocenters. The second-order valence-corrected chi connectivity index (χ2v) is 5.45. The van der Waals surface area contributed by atoms with Gasteiger partial charge in [0.05, 0.1) is 18.1 Å². The molecule has 2 aromatic rings. The molecule has 8 nitrogen and oxygen atoms in total. The van der Waals surface area contributed by atoms with E-state index in [1.807, 2.05) is 0 Å². The molecule has 0 amide bonds. The zero-order valence-electron chi connectivity index (χ0n) is 10.4. The maximum atomic E-state index is 13.4. The van der Waals surface area contributed by atoms with Gasteiger partial charge in [0.2, 0.25) is 5.95 Å². The Kier molecular flexibility index (Phi) is 3.97. The van der Waals surface area contributed by atoms with Crippen molar-refractivity contribution in [2.45, 2.75) is 4.90 Å². The summed E-state index contributed by atoms with van der Waals surface area (Å²) in [5, 5.41) is 8.86. The van der Waals surface area contributed by atoms with Crippen LogP contribution in [0.2, 0.25) is 0 Å². The quantitative estimate of drug-likeness (QED) is 0.555. The van der Waals surface area contributed by atoms with Crippen LogP contribution < -0.4 is 16.0 Å². The molecule has 21 heavy (non-hydrogen) atoms. The van der Waals surface area contributed by atoms with Crippen LogP contribution in [0.3, 0.4) is 0 Å². The predicted molar refractivity (Wildman–Crippen MR) is 71.8 cm³/mol. The van der Waals surface area contributed by atoms with Crippen molar-refractivity contribution in [3.05, 3.63) is 42.0 Å². The normalized spacial score (nSPS) is 10.7. The van der Waals surface area contributed by atoms with Crippen molar-refractivity contribution in [1.82, 2.24) is 9.97 Å². The summed E-state index contributed by atoms with van der Waals surface area (Å²) in [5.74, 6) is 4.29. The third-order valence-corrected chi connectivity index (χ3v) is 3.76. The summed E-state index contributed by atoms with van der Waals surface area (Å²) >= 11 is 0. The molecule has 1 heterocycles. The minimum Gasteiger partial charge on any atom is -0.292 e. The predicted octanol–water partition coefficient (Wildman–Crippen LogP) is 0.574. The molecule has 0 atom stereocenters. The van der Waals surface area contributed by atoms with Gasteiger partial charge in [0, 0.05) is 0 Å². The molecule has 1 aromatic heterocycles. The van der Waals surface area contributed by atoms with E-state index in [0.717, 1.165) is 18.5 Å². The number of hydrazine groups is 1. The van der Waals surface area contributed by atoms with Crippen LogP contribution in [-0.2, 0) is 10.0 Å². The second kappa shape index (κ2) is 5.70. The highest BCUT2D eigenvalue weighted by molar-refractivity contribution is 7.92. The summed E-state index contributed by atoms with van der Waals surface area (Å²) in [6, 6.07) is 5.21. The first-order valence-corrected chi connectivity index (χ1v) is 6.96. The Morgan fingerprint density at radius 1 is 1.29 bits per heavy atom. The summed E-state index contributed by atoms with van der Waals surface area (Å²) < 4.78 is 39.7. The molecule has 0 saturated carbocycles. The Morgan fingerprint density at radius 2 is 1.95 bits per heavy atom. The van der Waals surface area contributed by atoms with Crippen LogP contribution in [0.1, 0.15) is 5.56 Å². The van der Waals surface area contributed by atoms with Crippen molar-refractivity contribution >= 4 is 21.7 Å². The molecular formula is C11H9FN6O2S. The molecule has 0 aliphatic heterocycles. The van der Waals surface area contributed by atoms with E-state index >= 15 is 0 Å². The van der Waals surface area contributed by atoms with Crippen LogP contribution in [0.25, 0.3) is 0 Å². The van der Waals surface area contributed by atoms with Gasteiger partial charge >= 0.3 is 0 Å². The van der Waals surface area contributed by atoms with E-state index in [1.165, 1.54) is 12.1 Å². The minimum atomic E-state index is -4.05. The van der Waals surface area contributed by atoms with Crippen LogP contribution in [-0.4, -0.2) is 18.4 Å². The summed E-state index contributed by atoms with van der Waals surface area (Å²) in [5.41, 5.74) is 1.58. The zero-order valence-corrected chi connectivity index (χ0v) is 11.2. The Balaban J connectivity index is 2.38. The van der Waals surface area contributed by atoms with Gasteiger partial charge in [-0.05, 0) is 12.1 Å². The fourth-order valence-corrected chi connectivity index (χ4v) is 2.42. The van der Waals surface area contributed by atoms with Gasteiger partial charge in [0.25, 0.3) is 10.0 Å². The number of nitrogens with two attached hydrogens (primary N) is 1. The number of rotatable bonds is 4. The molecule has 0 bridgehead atoms. The SMILES string of the molecule is N#Cc1c(F)cccc1NS(=O)(=O)c1cnc(NN)nc1. The first-order valence-electron chi connectivity index (χ1n) is 5.48. The highest BCUT2D eigenvalue weighted by atomic mass is 32.2. The van der Waals surface area contributed by atoms with Crippen LogP contribution >= 0.6 is 0 Å². The molecule has 108 valence electrons. The number of nitrogen functional groups attached to an aromatic ring is 1. The largest absolute Gasteiger partial charge is 0.292 e. The van der Waals surface area contributed by atoms with Gasteiger partial charge in [-0.15, -0.1) is 0 Å². The van der Waals surface area contributed by atoms with E-state index in [2.05, 4.69) is 20.1 Å². The van der Waals surface area contributed by atoms with Gasteiger partial charge in [-0.1, -0.05) is 6.07 Å². The molecule has 2 rings (SSSR count). The number of anilines is 2. The van der Waals surface area contributed by atoms with E-state index in [9.17, 15) is 12.8 Å². The van der Waals surface area contributed by atoms with Crippen LogP contribution in [0.15, 0.2) is 35.5 Å². The lowest BCUT2D eigenvalue weighted by Gasteiger charge is -2.09. The molecular weight excluding hydrogens is 299 g/mol. The van der Waals surface area contributed by atoms with Crippen molar-refractivity contribution < 1.29 is 12.8 Å². The average molecular weight is 308 g/mol. The second-order valence-electron chi connectivity index (χ2n) is 3.77. The van der Waals surface area contributed by atoms with Gasteiger partial charge in [0.1, 0.15) is 22.3 Å². The molecule has 0 saturated heterocycles. The lowest BCUT2D eigenvalue weighted by atomic mass is 10.2. The fourth-order valence-electron chi connectivity index (χ4n) is 1.46. The van der Waals surface area contributed by atoms with Crippen molar-refractivity contribution in [1.29, 1.82) is 5.26 Å². The first-order chi connectivity index (χ1) is 9.97. The number of nitrogens with zero attached hydrogens (tertiary/aromatic N) is 3. The molecule has 0 aliphatic rings. The highest BCUT2D eigenvalue weighted by Crippen LogP contribution is 2.21. The lowest BCUT2D eigenvalue weighted by Crippen LogP contribution is -2.16. The zero-order chi connectivity index (χ0) is 15.5. The summed E-state index contributed by atoms with van der Waals surface area (Å²) in [6.07, 6.45) is 2.05. The monoisotopic (exact) mass is 308 g/mol. The van der Waals surface area contributed by atoms with Crippen molar-refractivity contribution in [3.8, 4) is 6.07 Å². The standard InChI is InChI=1S/C11H9FN6O2S/c12-9-2-1-3-10(8(9)4-13)18-21(19,20)7-5-15-11(17-14)16-6-7/h1-3,5-6,18H,14H2,(H,15,16,17). The summed E-state index contributed by atoms with van der Waals surface area (Å²) in [7, 11) is -4.05. The summed E-state index contributed by atoms with van der Waals surface area (Å²) in [4.78, 5) is 7.06. The van der Waals surface area contributed by atoms with Gasteiger partial charge in [-0.25, -0.2) is 28.6 Å². The van der Waals surface area contributed by atoms with Crippen LogP contribution in [0.5, 0.6) is 0 Å². The Labute approximate surface area is 119 Å². The number of hydrogen-bond donors (Lipinski definition) is 3. The summed E-state index contributed by atoms with van der Waals surface area (Å²) in [6.45, 7) is 0. The number of benzene rings is 1. The van der Waals surface area contributed by atoms with Gasteiger partial charge < -0.3 is 0 Å². The Morgan fingerprint density at radius 3 is 2.52 bits per heavy atom. The fraction of sp³-hybridized carbons (Fsp3) is 0. The highest BCUT2D eigenvalue weighted by Gasteiger charge is 2.18. The van der Waals surface area contributed by atoms with Gasteiger partial charge in [-0.2, -0.15) is 5.26 Å². The topological polar surface area (TPSA) is 134 Å². The molecule has 4 N–H and O–H groups in total. The molecule has 0 fully saturated rings. The molecule has 0 radical (unpaired) electrons. The number of nitrogens with one attached hydrogen (secondary N) is 2. The molecule has 10 heteroatoms. The average Bonchev–Trinajstić information content (AvgIpc) is 2.47. The lowest BCUT2D eigenvalue weighted by molar-refractivity contribution is 0.600. The Bertz CT molecular complexity index is 800. The smallest absolute Gasteiger partial charge is 0.265 e. The van der Waals surface area contributed by atoms with Gasteiger partial charge in [0.15, 0.2) is 0 Å². The van der Waals surface area contributed by atoms with Crippen molar-refractivity contribution in [2.24, 2.45) is 5.84 Å². The number of nitriles is 1. The van der Waals surface area contributed by atoms with E-state index in [-0.39, 0.29) is 16.5 Å². The number of hydrogen-bond acceptors (Lipinski definition) is 7. The van der Waals surface area contributed by atoms with E-state index < -0.39 is 21.4 Å². The number of halogens is 1.